The van der Waals surface area contributed by atoms with Crippen LogP contribution in [0.5, 0.6) is 0 Å². The van der Waals surface area contributed by atoms with Gasteiger partial charge in [-0.1, -0.05) is 24.3 Å². The lowest BCUT2D eigenvalue weighted by atomic mass is 10.0. The smallest absolute Gasteiger partial charge is 0.344 e. The fraction of sp³-hybridized carbons (Fsp3) is 0.0455. The standard InChI is InChI=1S/C22H18N2O2/c1-2-9-24-19-8-5-15-10-17-12-20(14-3-6-18(23)7-4-14)22(25)26-21(17)13-16(15)11-19/h2-8,10-13,24H,1,9,23H2. The Labute approximate surface area is 150 Å². The van der Waals surface area contributed by atoms with Gasteiger partial charge in [0.15, 0.2) is 0 Å². The molecule has 3 aromatic carbocycles. The van der Waals surface area contributed by atoms with Crippen LogP contribution in [0.2, 0.25) is 0 Å². The molecule has 0 amide bonds. The van der Waals surface area contributed by atoms with E-state index in [2.05, 4.69) is 11.9 Å². The number of hydrogen-bond acceptors (Lipinski definition) is 4. The molecule has 0 bridgehead atoms. The summed E-state index contributed by atoms with van der Waals surface area (Å²) >= 11 is 0. The Morgan fingerprint density at radius 1 is 0.962 bits per heavy atom. The first kappa shape index (κ1) is 16.0. The Morgan fingerprint density at radius 2 is 1.77 bits per heavy atom. The van der Waals surface area contributed by atoms with Crippen molar-refractivity contribution in [1.29, 1.82) is 0 Å². The molecule has 4 heteroatoms. The number of hydrogen-bond donors (Lipinski definition) is 2. The third kappa shape index (κ3) is 2.93. The highest BCUT2D eigenvalue weighted by Gasteiger charge is 2.09. The minimum atomic E-state index is -0.359. The summed E-state index contributed by atoms with van der Waals surface area (Å²) in [6, 6.07) is 19.1. The molecule has 3 N–H and O–H groups in total. The molecule has 1 aromatic heterocycles. The summed E-state index contributed by atoms with van der Waals surface area (Å²) in [5.41, 5.74) is 8.91. The second-order valence-corrected chi connectivity index (χ2v) is 6.19. The minimum absolute atomic E-state index is 0.359. The Morgan fingerprint density at radius 3 is 2.54 bits per heavy atom. The molecule has 0 saturated heterocycles. The van der Waals surface area contributed by atoms with Crippen molar-refractivity contribution in [2.75, 3.05) is 17.6 Å². The molecule has 1 heterocycles. The van der Waals surface area contributed by atoms with Crippen LogP contribution in [0.25, 0.3) is 32.9 Å². The van der Waals surface area contributed by atoms with Gasteiger partial charge in [-0.3, -0.25) is 0 Å². The van der Waals surface area contributed by atoms with Crippen molar-refractivity contribution >= 4 is 33.1 Å². The summed E-state index contributed by atoms with van der Waals surface area (Å²) < 4.78 is 5.58. The lowest BCUT2D eigenvalue weighted by molar-refractivity contribution is 0.564. The Kier molecular flexibility index (Phi) is 3.93. The van der Waals surface area contributed by atoms with E-state index in [4.69, 9.17) is 10.2 Å². The van der Waals surface area contributed by atoms with Gasteiger partial charge in [0.2, 0.25) is 0 Å². The lowest BCUT2D eigenvalue weighted by Crippen LogP contribution is -2.02. The Balaban J connectivity index is 1.85. The average molecular weight is 342 g/mol. The van der Waals surface area contributed by atoms with Crippen LogP contribution in [0.3, 0.4) is 0 Å². The molecule has 0 spiro atoms. The van der Waals surface area contributed by atoms with Crippen molar-refractivity contribution in [2.24, 2.45) is 0 Å². The molecule has 0 aliphatic rings. The molecule has 0 unspecified atom stereocenters. The second kappa shape index (κ2) is 6.41. The number of nitrogens with two attached hydrogens (primary N) is 1. The quantitative estimate of drug-likeness (QED) is 0.242. The van der Waals surface area contributed by atoms with Crippen LogP contribution in [-0.2, 0) is 0 Å². The molecule has 0 aliphatic heterocycles. The maximum Gasteiger partial charge on any atom is 0.344 e. The van der Waals surface area contributed by atoms with Crippen LogP contribution in [0.4, 0.5) is 11.4 Å². The average Bonchev–Trinajstić information content (AvgIpc) is 2.65. The zero-order valence-corrected chi connectivity index (χ0v) is 14.2. The van der Waals surface area contributed by atoms with Crippen LogP contribution < -0.4 is 16.7 Å². The number of nitrogens with one attached hydrogen (secondary N) is 1. The van der Waals surface area contributed by atoms with Gasteiger partial charge in [0, 0.05) is 23.3 Å². The van der Waals surface area contributed by atoms with E-state index in [0.717, 1.165) is 27.4 Å². The van der Waals surface area contributed by atoms with Crippen molar-refractivity contribution < 1.29 is 4.42 Å². The summed E-state index contributed by atoms with van der Waals surface area (Å²) in [6.45, 7) is 4.40. The van der Waals surface area contributed by atoms with Gasteiger partial charge in [0.1, 0.15) is 5.58 Å². The van der Waals surface area contributed by atoms with Gasteiger partial charge < -0.3 is 15.5 Å². The predicted octanol–water partition coefficient (Wildman–Crippen LogP) is 4.79. The van der Waals surface area contributed by atoms with E-state index >= 15 is 0 Å². The summed E-state index contributed by atoms with van der Waals surface area (Å²) in [5, 5.41) is 6.24. The van der Waals surface area contributed by atoms with E-state index in [1.54, 1.807) is 12.1 Å². The molecule has 26 heavy (non-hydrogen) atoms. The van der Waals surface area contributed by atoms with Crippen molar-refractivity contribution in [1.82, 2.24) is 0 Å². The lowest BCUT2D eigenvalue weighted by Gasteiger charge is -2.07. The molecule has 0 aliphatic carbocycles. The number of nitrogen functional groups attached to an aromatic ring is 1. The fourth-order valence-corrected chi connectivity index (χ4v) is 3.03. The maximum atomic E-state index is 12.4. The summed E-state index contributed by atoms with van der Waals surface area (Å²) in [4.78, 5) is 12.4. The minimum Gasteiger partial charge on any atom is -0.422 e. The predicted molar refractivity (Wildman–Crippen MR) is 109 cm³/mol. The molecule has 0 fully saturated rings. The van der Waals surface area contributed by atoms with Gasteiger partial charge in [-0.2, -0.15) is 0 Å². The highest BCUT2D eigenvalue weighted by molar-refractivity contribution is 5.98. The first-order valence-electron chi connectivity index (χ1n) is 8.36. The van der Waals surface area contributed by atoms with Crippen LogP contribution in [0.1, 0.15) is 0 Å². The first-order chi connectivity index (χ1) is 12.6. The van der Waals surface area contributed by atoms with Gasteiger partial charge in [0.25, 0.3) is 0 Å². The van der Waals surface area contributed by atoms with Gasteiger partial charge >= 0.3 is 5.63 Å². The van der Waals surface area contributed by atoms with Crippen molar-refractivity contribution in [3.05, 3.63) is 83.7 Å². The molecular formula is C22H18N2O2. The van der Waals surface area contributed by atoms with Crippen LogP contribution in [-0.4, -0.2) is 6.54 Å². The van der Waals surface area contributed by atoms with Gasteiger partial charge in [0.05, 0.1) is 5.56 Å². The molecule has 4 aromatic rings. The topological polar surface area (TPSA) is 68.3 Å². The van der Waals surface area contributed by atoms with E-state index in [1.807, 2.05) is 54.6 Å². The Bertz CT molecular complexity index is 1170. The third-order valence-corrected chi connectivity index (χ3v) is 4.36. The summed E-state index contributed by atoms with van der Waals surface area (Å²) in [7, 11) is 0. The van der Waals surface area contributed by atoms with Crippen LogP contribution in [0, 0.1) is 0 Å². The molecule has 0 atom stereocenters. The first-order valence-corrected chi connectivity index (χ1v) is 8.36. The molecule has 4 rings (SSSR count). The molecular weight excluding hydrogens is 324 g/mol. The third-order valence-electron chi connectivity index (χ3n) is 4.36. The van der Waals surface area contributed by atoms with Crippen molar-refractivity contribution in [2.45, 2.75) is 0 Å². The zero-order valence-electron chi connectivity index (χ0n) is 14.2. The zero-order chi connectivity index (χ0) is 18.1. The van der Waals surface area contributed by atoms with E-state index in [-0.39, 0.29) is 5.63 Å². The van der Waals surface area contributed by atoms with Gasteiger partial charge in [-0.25, -0.2) is 4.79 Å². The Hall–Kier alpha value is -3.53. The van der Waals surface area contributed by atoms with Gasteiger partial charge in [-0.15, -0.1) is 6.58 Å². The van der Waals surface area contributed by atoms with Crippen molar-refractivity contribution in [3.63, 3.8) is 0 Å². The largest absolute Gasteiger partial charge is 0.422 e. The summed E-state index contributed by atoms with van der Waals surface area (Å²) in [6.07, 6.45) is 1.81. The summed E-state index contributed by atoms with van der Waals surface area (Å²) in [5.74, 6) is 0. The van der Waals surface area contributed by atoms with Crippen molar-refractivity contribution in [3.8, 4) is 11.1 Å². The molecule has 4 nitrogen and oxygen atoms in total. The number of anilines is 2. The van der Waals surface area contributed by atoms with E-state index in [1.165, 1.54) is 0 Å². The molecule has 0 radical (unpaired) electrons. The van der Waals surface area contributed by atoms with Gasteiger partial charge in [-0.05, 0) is 58.8 Å². The normalized spacial score (nSPS) is 10.9. The second-order valence-electron chi connectivity index (χ2n) is 6.19. The highest BCUT2D eigenvalue weighted by atomic mass is 16.4. The highest BCUT2D eigenvalue weighted by Crippen LogP contribution is 2.27. The molecule has 128 valence electrons. The maximum absolute atomic E-state index is 12.4. The van der Waals surface area contributed by atoms with Crippen LogP contribution >= 0.6 is 0 Å². The number of benzene rings is 3. The monoisotopic (exact) mass is 342 g/mol. The van der Waals surface area contributed by atoms with Crippen LogP contribution in [0.15, 0.2) is 82.5 Å². The van der Waals surface area contributed by atoms with E-state index < -0.39 is 0 Å². The number of rotatable bonds is 4. The fourth-order valence-electron chi connectivity index (χ4n) is 3.03. The number of fused-ring (bicyclic) bond motifs is 2. The molecule has 0 saturated carbocycles. The van der Waals surface area contributed by atoms with E-state index in [0.29, 0.717) is 23.4 Å². The van der Waals surface area contributed by atoms with E-state index in [9.17, 15) is 4.79 Å². The SMILES string of the molecule is C=CCNc1ccc2cc3cc(-c4ccc(N)cc4)c(=O)oc3cc2c1.